The molecule has 2 fully saturated rings. The molecule has 9 nitrogen and oxygen atoms in total. The lowest BCUT2D eigenvalue weighted by molar-refractivity contribution is -0.138. The number of likely N-dealkylation sites (N-methyl/N-ethyl adjacent to an activating group) is 1. The third-order valence-corrected chi connectivity index (χ3v) is 10.1. The lowest BCUT2D eigenvalue weighted by atomic mass is 9.88. The van der Waals surface area contributed by atoms with Gasteiger partial charge in [0.2, 0.25) is 11.8 Å². The van der Waals surface area contributed by atoms with E-state index in [0.29, 0.717) is 36.7 Å². The Bertz CT molecular complexity index is 1120. The Morgan fingerprint density at radius 3 is 2.29 bits per heavy atom. The van der Waals surface area contributed by atoms with Crippen LogP contribution >= 0.6 is 0 Å². The number of hydrogen-bond acceptors (Lipinski definition) is 6. The highest BCUT2D eigenvalue weighted by atomic mass is 16.5. The Balaban J connectivity index is 1.58. The molecule has 0 spiro atoms. The zero-order valence-electron chi connectivity index (χ0n) is 28.1. The number of nitrogens with one attached hydrogen (secondary N) is 1. The van der Waals surface area contributed by atoms with Crippen molar-refractivity contribution in [2.45, 2.75) is 122 Å². The van der Waals surface area contributed by atoms with Gasteiger partial charge in [-0.3, -0.25) is 14.4 Å². The van der Waals surface area contributed by atoms with Gasteiger partial charge in [-0.15, -0.1) is 0 Å². The molecule has 2 aliphatic carbocycles. The quantitative estimate of drug-likeness (QED) is 0.382. The zero-order chi connectivity index (χ0) is 32.3. The van der Waals surface area contributed by atoms with Crippen molar-refractivity contribution in [3.63, 3.8) is 0 Å². The molecule has 3 aliphatic rings. The second-order valence-corrected chi connectivity index (χ2v) is 13.9. The number of aliphatic hydroxyl groups excluding tert-OH is 1. The largest absolute Gasteiger partial charge is 0.490 e. The summed E-state index contributed by atoms with van der Waals surface area (Å²) in [6, 6.07) is 4.87. The number of carbonyl (C=O) groups excluding carboxylic acids is 3. The monoisotopic (exact) mass is 627 g/mol. The summed E-state index contributed by atoms with van der Waals surface area (Å²) in [6.07, 6.45) is 12.6. The molecule has 9 heteroatoms. The summed E-state index contributed by atoms with van der Waals surface area (Å²) in [5.41, 5.74) is 0.943. The van der Waals surface area contributed by atoms with Gasteiger partial charge in [0, 0.05) is 50.2 Å². The van der Waals surface area contributed by atoms with E-state index in [0.717, 1.165) is 70.6 Å². The fourth-order valence-corrected chi connectivity index (χ4v) is 7.09. The zero-order valence-corrected chi connectivity index (χ0v) is 28.1. The average Bonchev–Trinajstić information content (AvgIpc) is 3.06. The van der Waals surface area contributed by atoms with Gasteiger partial charge in [-0.25, -0.2) is 0 Å². The van der Waals surface area contributed by atoms with Gasteiger partial charge >= 0.3 is 0 Å². The van der Waals surface area contributed by atoms with Crippen molar-refractivity contribution in [3.8, 4) is 5.75 Å². The first-order chi connectivity index (χ1) is 21.7. The molecule has 1 aliphatic heterocycles. The molecule has 2 saturated carbocycles. The highest BCUT2D eigenvalue weighted by Gasteiger charge is 2.32. The molecule has 1 heterocycles. The first-order valence-electron chi connectivity index (χ1n) is 17.6. The second-order valence-electron chi connectivity index (χ2n) is 13.9. The van der Waals surface area contributed by atoms with E-state index < -0.39 is 6.04 Å². The minimum absolute atomic E-state index is 0.00151. The summed E-state index contributed by atoms with van der Waals surface area (Å²) >= 11 is 0. The van der Waals surface area contributed by atoms with E-state index in [9.17, 15) is 19.5 Å². The van der Waals surface area contributed by atoms with Crippen LogP contribution in [-0.2, 0) is 14.3 Å². The van der Waals surface area contributed by atoms with Gasteiger partial charge < -0.3 is 29.7 Å². The van der Waals surface area contributed by atoms with E-state index in [1.165, 1.54) is 12.8 Å². The van der Waals surface area contributed by atoms with Crippen LogP contribution < -0.4 is 10.1 Å². The predicted molar refractivity (Wildman–Crippen MR) is 176 cm³/mol. The molecule has 1 aromatic carbocycles. The molecule has 2 N–H and O–H groups in total. The Hall–Kier alpha value is -2.65. The highest BCUT2D eigenvalue weighted by Crippen LogP contribution is 2.31. The number of carbonyl (C=O) groups is 3. The molecule has 252 valence electrons. The van der Waals surface area contributed by atoms with Crippen molar-refractivity contribution in [3.05, 3.63) is 23.8 Å². The standard InChI is InChI=1S/C36H57N3O6/c1-25-22-39(26(2)24-40)36(43)31-21-30(37-34(41)28-14-7-5-8-15-28)18-19-32(31)45-27(3)13-11-12-20-44-33(25)23-38(4)35(42)29-16-9-6-10-17-29/h18-19,21,25-29,33,40H,5-17,20,22-24H2,1-4H3,(H,37,41)/t25-,26+,27+,33-/m1/s1. The molecular formula is C36H57N3O6. The number of rotatable bonds is 7. The fraction of sp³-hybridized carbons (Fsp3) is 0.750. The van der Waals surface area contributed by atoms with Crippen molar-refractivity contribution in [1.29, 1.82) is 0 Å². The van der Waals surface area contributed by atoms with Crippen LogP contribution in [-0.4, -0.2) is 84.2 Å². The van der Waals surface area contributed by atoms with Crippen LogP contribution in [0, 0.1) is 17.8 Å². The molecular weight excluding hydrogens is 570 g/mol. The lowest BCUT2D eigenvalue weighted by Gasteiger charge is -2.36. The molecule has 0 radical (unpaired) electrons. The van der Waals surface area contributed by atoms with Crippen molar-refractivity contribution < 1.29 is 29.0 Å². The smallest absolute Gasteiger partial charge is 0.258 e. The molecule has 4 atom stereocenters. The van der Waals surface area contributed by atoms with Gasteiger partial charge in [0.1, 0.15) is 5.75 Å². The number of anilines is 1. The van der Waals surface area contributed by atoms with Crippen LogP contribution in [0.25, 0.3) is 0 Å². The molecule has 0 aromatic heterocycles. The minimum Gasteiger partial charge on any atom is -0.490 e. The van der Waals surface area contributed by atoms with Crippen LogP contribution in [0.15, 0.2) is 18.2 Å². The van der Waals surface area contributed by atoms with Crippen LogP contribution in [0.1, 0.15) is 115 Å². The molecule has 0 saturated heterocycles. The Morgan fingerprint density at radius 2 is 1.62 bits per heavy atom. The molecule has 0 bridgehead atoms. The van der Waals surface area contributed by atoms with Gasteiger partial charge in [0.15, 0.2) is 0 Å². The first kappa shape index (κ1) is 35.2. The maximum Gasteiger partial charge on any atom is 0.258 e. The van der Waals surface area contributed by atoms with Crippen LogP contribution in [0.4, 0.5) is 5.69 Å². The third-order valence-electron chi connectivity index (χ3n) is 10.1. The maximum absolute atomic E-state index is 14.4. The third kappa shape index (κ3) is 9.92. The molecule has 3 amide bonds. The average molecular weight is 628 g/mol. The minimum atomic E-state index is -0.458. The van der Waals surface area contributed by atoms with Crippen LogP contribution in [0.5, 0.6) is 5.75 Å². The summed E-state index contributed by atoms with van der Waals surface area (Å²) in [5.74, 6) is 0.366. The Labute approximate surface area is 270 Å². The van der Waals surface area contributed by atoms with E-state index in [1.807, 2.05) is 31.9 Å². The molecule has 45 heavy (non-hydrogen) atoms. The van der Waals surface area contributed by atoms with Crippen LogP contribution in [0.3, 0.4) is 0 Å². The summed E-state index contributed by atoms with van der Waals surface area (Å²) in [6.45, 7) is 7.06. The summed E-state index contributed by atoms with van der Waals surface area (Å²) in [4.78, 5) is 44.3. The van der Waals surface area contributed by atoms with Gasteiger partial charge in [-0.05, 0) is 77.0 Å². The molecule has 1 aromatic rings. The topological polar surface area (TPSA) is 108 Å². The van der Waals surface area contributed by atoms with E-state index >= 15 is 0 Å². The number of fused-ring (bicyclic) bond motifs is 1. The second kappa shape index (κ2) is 17.3. The number of ether oxygens (including phenoxy) is 2. The van der Waals surface area contributed by atoms with Gasteiger partial charge in [0.05, 0.1) is 30.4 Å². The SMILES string of the molecule is C[C@@H]1CN([C@@H](C)CO)C(=O)c2cc(NC(=O)C3CCCCC3)ccc2O[C@@H](C)CCCCO[C@@H]1CN(C)C(=O)C1CCCCC1. The van der Waals surface area contributed by atoms with Crippen molar-refractivity contribution in [1.82, 2.24) is 9.80 Å². The van der Waals surface area contributed by atoms with Crippen LogP contribution in [0.2, 0.25) is 0 Å². The van der Waals surface area contributed by atoms with Gasteiger partial charge in [-0.1, -0.05) is 45.4 Å². The van der Waals surface area contributed by atoms with Gasteiger partial charge in [0.25, 0.3) is 5.91 Å². The molecule has 4 rings (SSSR count). The number of nitrogens with zero attached hydrogens (tertiary/aromatic N) is 2. The summed E-state index contributed by atoms with van der Waals surface area (Å²) in [7, 11) is 1.87. The number of benzene rings is 1. The fourth-order valence-electron chi connectivity index (χ4n) is 7.09. The first-order valence-corrected chi connectivity index (χ1v) is 17.6. The predicted octanol–water partition coefficient (Wildman–Crippen LogP) is 6.04. The van der Waals surface area contributed by atoms with E-state index in [2.05, 4.69) is 12.2 Å². The molecule has 0 unspecified atom stereocenters. The Morgan fingerprint density at radius 1 is 0.978 bits per heavy atom. The van der Waals surface area contributed by atoms with E-state index in [-0.39, 0.29) is 54.3 Å². The van der Waals surface area contributed by atoms with Crippen molar-refractivity contribution in [2.75, 3.05) is 38.7 Å². The van der Waals surface area contributed by atoms with Crippen molar-refractivity contribution >= 4 is 23.4 Å². The number of aliphatic hydroxyl groups is 1. The number of hydrogen-bond donors (Lipinski definition) is 2. The lowest BCUT2D eigenvalue weighted by Crippen LogP contribution is -2.48. The normalized spacial score (nSPS) is 25.4. The summed E-state index contributed by atoms with van der Waals surface area (Å²) < 4.78 is 12.8. The summed E-state index contributed by atoms with van der Waals surface area (Å²) in [5, 5.41) is 13.3. The van der Waals surface area contributed by atoms with E-state index in [1.54, 1.807) is 17.0 Å². The Kier molecular flexibility index (Phi) is 13.5. The van der Waals surface area contributed by atoms with Crippen molar-refractivity contribution in [2.24, 2.45) is 17.8 Å². The van der Waals surface area contributed by atoms with Gasteiger partial charge in [-0.2, -0.15) is 0 Å². The highest BCUT2D eigenvalue weighted by molar-refractivity contribution is 6.00. The van der Waals surface area contributed by atoms with E-state index in [4.69, 9.17) is 9.47 Å². The maximum atomic E-state index is 14.4. The number of amides is 3.